The van der Waals surface area contributed by atoms with E-state index in [0.717, 1.165) is 6.54 Å². The Morgan fingerprint density at radius 1 is 1.52 bits per heavy atom. The molecular formula is C14H26N6O3. The molecule has 0 bridgehead atoms. The number of hydrogen-bond acceptors (Lipinski definition) is 7. The van der Waals surface area contributed by atoms with Crippen LogP contribution >= 0.6 is 0 Å². The lowest BCUT2D eigenvalue weighted by atomic mass is 10.2. The number of likely N-dealkylation sites (N-methyl/N-ethyl adjacent to an activating group) is 1. The number of ether oxygens (including phenoxy) is 2. The summed E-state index contributed by atoms with van der Waals surface area (Å²) in [4.78, 5) is 16.1. The van der Waals surface area contributed by atoms with Gasteiger partial charge in [0.05, 0.1) is 26.3 Å². The summed E-state index contributed by atoms with van der Waals surface area (Å²) in [5, 5.41) is 11.8. The van der Waals surface area contributed by atoms with Gasteiger partial charge in [0.25, 0.3) is 0 Å². The fourth-order valence-electron chi connectivity index (χ4n) is 2.37. The third-order valence-corrected chi connectivity index (χ3v) is 4.03. The van der Waals surface area contributed by atoms with E-state index in [0.29, 0.717) is 38.7 Å². The monoisotopic (exact) mass is 326 g/mol. The highest BCUT2D eigenvalue weighted by molar-refractivity contribution is 5.78. The lowest BCUT2D eigenvalue weighted by molar-refractivity contribution is -0.134. The average Bonchev–Trinajstić information content (AvgIpc) is 3.00. The summed E-state index contributed by atoms with van der Waals surface area (Å²) in [7, 11) is 3.47. The average molecular weight is 326 g/mol. The van der Waals surface area contributed by atoms with Crippen LogP contribution in [0.25, 0.3) is 0 Å². The SMILES string of the molecule is COCCn1nnnc1C1CN(CC(=O)N(C)C(C)C)CCO1. The predicted octanol–water partition coefficient (Wildman–Crippen LogP) is -0.440. The van der Waals surface area contributed by atoms with Crippen molar-refractivity contribution in [3.05, 3.63) is 5.82 Å². The van der Waals surface area contributed by atoms with Crippen LogP contribution < -0.4 is 0 Å². The maximum atomic E-state index is 12.2. The van der Waals surface area contributed by atoms with Gasteiger partial charge in [-0.05, 0) is 24.3 Å². The molecule has 23 heavy (non-hydrogen) atoms. The van der Waals surface area contributed by atoms with Crippen molar-refractivity contribution in [2.24, 2.45) is 0 Å². The van der Waals surface area contributed by atoms with Crippen molar-refractivity contribution in [2.75, 3.05) is 47.0 Å². The molecule has 1 aliphatic heterocycles. The first kappa shape index (κ1) is 17.8. The summed E-state index contributed by atoms with van der Waals surface area (Å²) >= 11 is 0. The lowest BCUT2D eigenvalue weighted by Gasteiger charge is -2.33. The summed E-state index contributed by atoms with van der Waals surface area (Å²) < 4.78 is 12.5. The van der Waals surface area contributed by atoms with Crippen LogP contribution in [0.15, 0.2) is 0 Å². The summed E-state index contributed by atoms with van der Waals surface area (Å²) in [6.45, 7) is 7.39. The zero-order valence-corrected chi connectivity index (χ0v) is 14.3. The Labute approximate surface area is 136 Å². The molecule has 1 aliphatic rings. The molecule has 0 spiro atoms. The van der Waals surface area contributed by atoms with Crippen LogP contribution in [0.4, 0.5) is 0 Å². The van der Waals surface area contributed by atoms with Gasteiger partial charge in [-0.15, -0.1) is 5.10 Å². The normalized spacial score (nSPS) is 19.3. The third kappa shape index (κ3) is 4.69. The molecule has 2 rings (SSSR count). The highest BCUT2D eigenvalue weighted by atomic mass is 16.5. The molecule has 1 unspecified atom stereocenters. The van der Waals surface area contributed by atoms with Crippen molar-refractivity contribution in [2.45, 2.75) is 32.5 Å². The Morgan fingerprint density at radius 3 is 3.00 bits per heavy atom. The smallest absolute Gasteiger partial charge is 0.236 e. The number of tetrazole rings is 1. The van der Waals surface area contributed by atoms with Crippen molar-refractivity contribution in [1.29, 1.82) is 0 Å². The summed E-state index contributed by atoms with van der Waals surface area (Å²) in [6.07, 6.45) is -0.229. The first-order valence-corrected chi connectivity index (χ1v) is 7.87. The van der Waals surface area contributed by atoms with Crippen molar-refractivity contribution in [3.8, 4) is 0 Å². The van der Waals surface area contributed by atoms with Gasteiger partial charge in [-0.1, -0.05) is 0 Å². The first-order chi connectivity index (χ1) is 11.0. The van der Waals surface area contributed by atoms with E-state index < -0.39 is 0 Å². The van der Waals surface area contributed by atoms with Crippen molar-refractivity contribution in [3.63, 3.8) is 0 Å². The highest BCUT2D eigenvalue weighted by Gasteiger charge is 2.28. The molecule has 0 aromatic carbocycles. The quantitative estimate of drug-likeness (QED) is 0.671. The van der Waals surface area contributed by atoms with Gasteiger partial charge in [-0.3, -0.25) is 9.69 Å². The number of rotatable bonds is 7. The molecule has 0 N–H and O–H groups in total. The minimum atomic E-state index is -0.229. The molecule has 1 aromatic heterocycles. The molecule has 0 radical (unpaired) electrons. The van der Waals surface area contributed by atoms with E-state index in [-0.39, 0.29) is 18.1 Å². The van der Waals surface area contributed by atoms with Gasteiger partial charge in [0.2, 0.25) is 5.91 Å². The highest BCUT2D eigenvalue weighted by Crippen LogP contribution is 2.19. The number of amides is 1. The van der Waals surface area contributed by atoms with E-state index in [2.05, 4.69) is 20.4 Å². The topological polar surface area (TPSA) is 85.6 Å². The molecule has 1 aromatic rings. The van der Waals surface area contributed by atoms with Crippen LogP contribution in [0, 0.1) is 0 Å². The summed E-state index contributed by atoms with van der Waals surface area (Å²) in [5.74, 6) is 0.788. The third-order valence-electron chi connectivity index (χ3n) is 4.03. The number of methoxy groups -OCH3 is 1. The Morgan fingerprint density at radius 2 is 2.30 bits per heavy atom. The fraction of sp³-hybridized carbons (Fsp3) is 0.857. The number of morpholine rings is 1. The first-order valence-electron chi connectivity index (χ1n) is 7.87. The molecule has 1 amide bonds. The molecule has 1 atom stereocenters. The number of hydrogen-bond donors (Lipinski definition) is 0. The second-order valence-corrected chi connectivity index (χ2v) is 5.95. The number of aromatic nitrogens is 4. The second kappa shape index (κ2) is 8.32. The molecule has 130 valence electrons. The predicted molar refractivity (Wildman–Crippen MR) is 82.7 cm³/mol. The number of carbonyl (C=O) groups excluding carboxylic acids is 1. The van der Waals surface area contributed by atoms with Gasteiger partial charge in [0.1, 0.15) is 6.10 Å². The van der Waals surface area contributed by atoms with E-state index >= 15 is 0 Å². The maximum Gasteiger partial charge on any atom is 0.236 e. The molecule has 1 fully saturated rings. The van der Waals surface area contributed by atoms with Gasteiger partial charge in [-0.2, -0.15) is 0 Å². The van der Waals surface area contributed by atoms with Crippen LogP contribution in [0.5, 0.6) is 0 Å². The minimum absolute atomic E-state index is 0.111. The van der Waals surface area contributed by atoms with E-state index in [4.69, 9.17) is 9.47 Å². The molecule has 0 aliphatic carbocycles. The molecular weight excluding hydrogens is 300 g/mol. The van der Waals surface area contributed by atoms with Gasteiger partial charge in [0, 0.05) is 33.3 Å². The van der Waals surface area contributed by atoms with Gasteiger partial charge < -0.3 is 14.4 Å². The Balaban J connectivity index is 1.96. The molecule has 1 saturated heterocycles. The van der Waals surface area contributed by atoms with E-state index in [1.54, 1.807) is 16.7 Å². The van der Waals surface area contributed by atoms with Crippen molar-refractivity contribution < 1.29 is 14.3 Å². The summed E-state index contributed by atoms with van der Waals surface area (Å²) in [5.41, 5.74) is 0. The van der Waals surface area contributed by atoms with E-state index in [9.17, 15) is 4.79 Å². The van der Waals surface area contributed by atoms with Crippen LogP contribution in [0.2, 0.25) is 0 Å². The Kier molecular flexibility index (Phi) is 6.43. The van der Waals surface area contributed by atoms with Crippen molar-refractivity contribution in [1.82, 2.24) is 30.0 Å². The molecule has 2 heterocycles. The Bertz CT molecular complexity index is 506. The largest absolute Gasteiger partial charge is 0.383 e. The number of nitrogens with zero attached hydrogens (tertiary/aromatic N) is 6. The zero-order valence-electron chi connectivity index (χ0n) is 14.3. The van der Waals surface area contributed by atoms with Gasteiger partial charge in [0.15, 0.2) is 5.82 Å². The van der Waals surface area contributed by atoms with Gasteiger partial charge in [-0.25, -0.2) is 4.68 Å². The van der Waals surface area contributed by atoms with Crippen molar-refractivity contribution >= 4 is 5.91 Å². The molecule has 9 nitrogen and oxygen atoms in total. The summed E-state index contributed by atoms with van der Waals surface area (Å²) in [6, 6.07) is 0.195. The van der Waals surface area contributed by atoms with Crippen LogP contribution in [-0.2, 0) is 20.8 Å². The maximum absolute atomic E-state index is 12.2. The molecule has 0 saturated carbocycles. The van der Waals surface area contributed by atoms with Crippen LogP contribution in [0.3, 0.4) is 0 Å². The number of carbonyl (C=O) groups is 1. The van der Waals surface area contributed by atoms with Crippen LogP contribution in [0.1, 0.15) is 25.8 Å². The second-order valence-electron chi connectivity index (χ2n) is 5.95. The fourth-order valence-corrected chi connectivity index (χ4v) is 2.37. The van der Waals surface area contributed by atoms with E-state index in [1.807, 2.05) is 20.9 Å². The standard InChI is InChI=1S/C14H26N6O3/c1-11(2)18(3)13(21)10-19-5-8-23-12(9-19)14-15-16-17-20(14)6-7-22-4/h11-12H,5-10H2,1-4H3. The lowest BCUT2D eigenvalue weighted by Crippen LogP contribution is -2.46. The minimum Gasteiger partial charge on any atom is -0.383 e. The zero-order chi connectivity index (χ0) is 16.8. The van der Waals surface area contributed by atoms with E-state index in [1.165, 1.54) is 0 Å². The van der Waals surface area contributed by atoms with Gasteiger partial charge >= 0.3 is 0 Å². The Hall–Kier alpha value is -1.58. The van der Waals surface area contributed by atoms with Crippen LogP contribution in [-0.4, -0.2) is 89.0 Å². The molecule has 9 heteroatoms.